The van der Waals surface area contributed by atoms with E-state index in [1.807, 2.05) is 6.07 Å². The lowest BCUT2D eigenvalue weighted by Crippen LogP contribution is -2.13. The predicted molar refractivity (Wildman–Crippen MR) is 126 cm³/mol. The zero-order valence-corrected chi connectivity index (χ0v) is 19.4. The maximum absolute atomic E-state index is 12.6. The summed E-state index contributed by atoms with van der Waals surface area (Å²) in [6.07, 6.45) is 1.22. The zero-order chi connectivity index (χ0) is 24.3. The monoisotopic (exact) mass is 512 g/mol. The van der Waals surface area contributed by atoms with Crippen LogP contribution in [0.4, 0.5) is 5.13 Å². The molecule has 0 saturated heterocycles. The largest absolute Gasteiger partial charge is 0.478 e. The summed E-state index contributed by atoms with van der Waals surface area (Å²) in [5.41, 5.74) is 1.31. The van der Waals surface area contributed by atoms with E-state index in [-0.39, 0.29) is 26.9 Å². The topological polar surface area (TPSA) is 142 Å². The highest BCUT2D eigenvalue weighted by molar-refractivity contribution is 7.93. The zero-order valence-electron chi connectivity index (χ0n) is 17.0. The van der Waals surface area contributed by atoms with Crippen LogP contribution in [-0.4, -0.2) is 28.9 Å². The van der Waals surface area contributed by atoms with Gasteiger partial charge in [-0.1, -0.05) is 23.7 Å². The SMILES string of the molecule is N#Cc1cc(S(=O)(=O)Nc2ncns2)ccc1Oc1ccc(Cl)cc1-c1ccc(C(=O)O)cc1. The summed E-state index contributed by atoms with van der Waals surface area (Å²) in [6.45, 7) is 0. The molecule has 3 aromatic carbocycles. The fourth-order valence-electron chi connectivity index (χ4n) is 2.97. The Morgan fingerprint density at radius 3 is 2.47 bits per heavy atom. The second-order valence-electron chi connectivity index (χ2n) is 6.75. The maximum Gasteiger partial charge on any atom is 0.335 e. The van der Waals surface area contributed by atoms with E-state index in [1.54, 1.807) is 30.3 Å². The normalized spacial score (nSPS) is 10.9. The van der Waals surface area contributed by atoms with Gasteiger partial charge in [-0.3, -0.25) is 4.72 Å². The lowest BCUT2D eigenvalue weighted by molar-refractivity contribution is 0.0697. The minimum absolute atomic E-state index is 0.0118. The molecule has 0 atom stereocenters. The van der Waals surface area contributed by atoms with Crippen molar-refractivity contribution in [3.8, 4) is 28.7 Å². The molecule has 0 amide bonds. The van der Waals surface area contributed by atoms with Crippen molar-refractivity contribution in [2.45, 2.75) is 4.90 Å². The van der Waals surface area contributed by atoms with Crippen LogP contribution in [0.5, 0.6) is 11.5 Å². The number of nitrogens with zero attached hydrogens (tertiary/aromatic N) is 3. The number of carboxylic acid groups (broad SMARTS) is 1. The number of anilines is 1. The molecule has 0 radical (unpaired) electrons. The molecule has 34 heavy (non-hydrogen) atoms. The van der Waals surface area contributed by atoms with Gasteiger partial charge in [0.1, 0.15) is 23.9 Å². The summed E-state index contributed by atoms with van der Waals surface area (Å²) < 4.78 is 37.2. The summed E-state index contributed by atoms with van der Waals surface area (Å²) in [5.74, 6) is -0.585. The molecule has 1 heterocycles. The first-order chi connectivity index (χ1) is 16.3. The van der Waals surface area contributed by atoms with Gasteiger partial charge in [-0.15, -0.1) is 0 Å². The summed E-state index contributed by atoms with van der Waals surface area (Å²) in [4.78, 5) is 14.8. The molecule has 12 heteroatoms. The maximum atomic E-state index is 12.6. The van der Waals surface area contributed by atoms with E-state index in [0.29, 0.717) is 21.9 Å². The second-order valence-corrected chi connectivity index (χ2v) is 9.65. The molecular formula is C22H13ClN4O5S2. The van der Waals surface area contributed by atoms with Crippen molar-refractivity contribution >= 4 is 44.3 Å². The van der Waals surface area contributed by atoms with Crippen molar-refractivity contribution in [2.75, 3.05) is 4.72 Å². The van der Waals surface area contributed by atoms with Crippen molar-refractivity contribution < 1.29 is 23.1 Å². The van der Waals surface area contributed by atoms with Gasteiger partial charge in [0.2, 0.25) is 5.13 Å². The molecule has 170 valence electrons. The first kappa shape index (κ1) is 23.2. The molecule has 0 fully saturated rings. The Kier molecular flexibility index (Phi) is 6.47. The van der Waals surface area contributed by atoms with Gasteiger partial charge in [0.15, 0.2) is 0 Å². The Morgan fingerprint density at radius 1 is 1.09 bits per heavy atom. The van der Waals surface area contributed by atoms with Gasteiger partial charge in [0.05, 0.1) is 16.0 Å². The third-order valence-corrected chi connectivity index (χ3v) is 6.85. The van der Waals surface area contributed by atoms with Crippen LogP contribution in [-0.2, 0) is 10.0 Å². The average molecular weight is 513 g/mol. The Balaban J connectivity index is 1.68. The van der Waals surface area contributed by atoms with E-state index in [2.05, 4.69) is 14.1 Å². The Morgan fingerprint density at radius 2 is 1.82 bits per heavy atom. The number of rotatable bonds is 7. The standard InChI is InChI=1S/C22H13ClN4O5S2/c23-16-5-7-20(18(10-16)13-1-3-14(4-2-13)21(28)29)32-19-8-6-17(9-15(19)11-24)34(30,31)27-22-25-12-26-33-22/h1-10,12H,(H,28,29)(H,25,26,27). The summed E-state index contributed by atoms with van der Waals surface area (Å²) in [6, 6.07) is 16.8. The van der Waals surface area contributed by atoms with Crippen LogP contribution in [0.1, 0.15) is 15.9 Å². The van der Waals surface area contributed by atoms with Gasteiger partial charge >= 0.3 is 5.97 Å². The fraction of sp³-hybridized carbons (Fsp3) is 0. The molecular weight excluding hydrogens is 500 g/mol. The van der Waals surface area contributed by atoms with E-state index in [0.717, 1.165) is 11.5 Å². The highest BCUT2D eigenvalue weighted by Crippen LogP contribution is 2.37. The van der Waals surface area contributed by atoms with Crippen LogP contribution in [0.15, 0.2) is 71.9 Å². The lowest BCUT2D eigenvalue weighted by atomic mass is 10.0. The molecule has 4 aromatic rings. The lowest BCUT2D eigenvalue weighted by Gasteiger charge is -2.14. The van der Waals surface area contributed by atoms with E-state index in [1.165, 1.54) is 36.7 Å². The number of carboxylic acids is 1. The van der Waals surface area contributed by atoms with Crippen molar-refractivity contribution in [1.82, 2.24) is 9.36 Å². The first-order valence-corrected chi connectivity index (χ1v) is 12.0. The molecule has 0 aliphatic rings. The van der Waals surface area contributed by atoms with Gasteiger partial charge < -0.3 is 9.84 Å². The summed E-state index contributed by atoms with van der Waals surface area (Å²) in [7, 11) is -3.99. The Bertz CT molecular complexity index is 1520. The number of sulfonamides is 1. The summed E-state index contributed by atoms with van der Waals surface area (Å²) in [5, 5.41) is 19.3. The number of aromatic nitrogens is 2. The number of benzene rings is 3. The van der Waals surface area contributed by atoms with Crippen LogP contribution in [0.25, 0.3) is 11.1 Å². The summed E-state index contributed by atoms with van der Waals surface area (Å²) >= 11 is 7.03. The quantitative estimate of drug-likeness (QED) is 0.351. The van der Waals surface area contributed by atoms with Gasteiger partial charge in [-0.2, -0.15) is 9.64 Å². The molecule has 2 N–H and O–H groups in total. The highest BCUT2D eigenvalue weighted by atomic mass is 35.5. The molecule has 0 spiro atoms. The average Bonchev–Trinajstić information content (AvgIpc) is 3.32. The molecule has 0 aliphatic heterocycles. The van der Waals surface area contributed by atoms with Crippen LogP contribution in [0.2, 0.25) is 5.02 Å². The molecule has 9 nitrogen and oxygen atoms in total. The van der Waals surface area contributed by atoms with Crippen LogP contribution >= 0.6 is 23.1 Å². The second kappa shape index (κ2) is 9.48. The van der Waals surface area contributed by atoms with Gasteiger partial charge in [0, 0.05) is 22.1 Å². The van der Waals surface area contributed by atoms with E-state index in [4.69, 9.17) is 21.4 Å². The third-order valence-electron chi connectivity index (χ3n) is 4.57. The van der Waals surface area contributed by atoms with Crippen molar-refractivity contribution in [3.05, 3.63) is 83.1 Å². The molecule has 1 aromatic heterocycles. The van der Waals surface area contributed by atoms with E-state index in [9.17, 15) is 18.5 Å². The number of hydrogen-bond donors (Lipinski definition) is 2. The molecule has 0 bridgehead atoms. The van der Waals surface area contributed by atoms with Gasteiger partial charge in [0.25, 0.3) is 10.0 Å². The number of nitrogens with one attached hydrogen (secondary N) is 1. The number of nitriles is 1. The van der Waals surface area contributed by atoms with Crippen LogP contribution < -0.4 is 9.46 Å². The molecule has 0 unspecified atom stereocenters. The predicted octanol–water partition coefficient (Wildman–Crippen LogP) is 5.02. The number of ether oxygens (including phenoxy) is 1. The van der Waals surface area contributed by atoms with Crippen LogP contribution in [0, 0.1) is 11.3 Å². The number of aromatic carboxylic acids is 1. The van der Waals surface area contributed by atoms with Gasteiger partial charge in [-0.05, 0) is 54.1 Å². The van der Waals surface area contributed by atoms with E-state index >= 15 is 0 Å². The smallest absolute Gasteiger partial charge is 0.335 e. The minimum Gasteiger partial charge on any atom is -0.478 e. The number of halogens is 1. The first-order valence-electron chi connectivity index (χ1n) is 9.41. The molecule has 4 rings (SSSR count). The van der Waals surface area contributed by atoms with Crippen LogP contribution in [0.3, 0.4) is 0 Å². The Hall–Kier alpha value is -3.98. The number of carbonyl (C=O) groups is 1. The third kappa shape index (κ3) is 4.99. The number of hydrogen-bond acceptors (Lipinski definition) is 8. The van der Waals surface area contributed by atoms with Crippen molar-refractivity contribution in [3.63, 3.8) is 0 Å². The molecule has 0 saturated carbocycles. The Labute approximate surface area is 203 Å². The molecule has 0 aliphatic carbocycles. The minimum atomic E-state index is -3.99. The van der Waals surface area contributed by atoms with Crippen molar-refractivity contribution in [2.24, 2.45) is 0 Å². The van der Waals surface area contributed by atoms with Crippen molar-refractivity contribution in [1.29, 1.82) is 5.26 Å². The highest BCUT2D eigenvalue weighted by Gasteiger charge is 2.19. The van der Waals surface area contributed by atoms with Gasteiger partial charge in [-0.25, -0.2) is 18.2 Å². The fourth-order valence-corrected chi connectivity index (χ4v) is 4.83. The van der Waals surface area contributed by atoms with E-state index < -0.39 is 16.0 Å².